The molecule has 1 rings (SSSR count). The molecule has 2 N–H and O–H groups in total. The zero-order valence-electron chi connectivity index (χ0n) is 16.4. The van der Waals surface area contributed by atoms with Gasteiger partial charge in [-0.3, -0.25) is 9.20 Å². The number of aliphatic imine (C=N–C) groups is 1. The topological polar surface area (TPSA) is 62.7 Å². The van der Waals surface area contributed by atoms with Crippen LogP contribution in [0.25, 0.3) is 0 Å². The average Bonchev–Trinajstić information content (AvgIpc) is 2.57. The van der Waals surface area contributed by atoms with E-state index in [0.29, 0.717) is 30.4 Å². The Bertz CT molecular complexity index is 395. The van der Waals surface area contributed by atoms with E-state index < -0.39 is 10.8 Å². The molecule has 1 saturated carbocycles. The summed E-state index contributed by atoms with van der Waals surface area (Å²) < 4.78 is 17.7. The molecule has 3 atom stereocenters. The highest BCUT2D eigenvalue weighted by Gasteiger charge is 2.25. The summed E-state index contributed by atoms with van der Waals surface area (Å²) in [6.45, 7) is 11.5. The highest BCUT2D eigenvalue weighted by Crippen LogP contribution is 2.22. The summed E-state index contributed by atoms with van der Waals surface area (Å²) in [5, 5.41) is 7.16. The smallest absolute Gasteiger partial charge is 0.191 e. The minimum Gasteiger partial charge on any atom is -0.380 e. The largest absolute Gasteiger partial charge is 0.380 e. The van der Waals surface area contributed by atoms with Crippen molar-refractivity contribution in [3.63, 3.8) is 0 Å². The molecule has 7 heteroatoms. The van der Waals surface area contributed by atoms with E-state index in [1.54, 1.807) is 0 Å². The Labute approximate surface area is 174 Å². The Balaban J connectivity index is 0.00000576. The quantitative estimate of drug-likeness (QED) is 0.215. The van der Waals surface area contributed by atoms with Crippen LogP contribution in [-0.2, 0) is 15.5 Å². The summed E-state index contributed by atoms with van der Waals surface area (Å²) >= 11 is 0. The fraction of sp³-hybridized carbons (Fsp3) is 0.944. The fourth-order valence-corrected chi connectivity index (χ4v) is 4.25. The van der Waals surface area contributed by atoms with Crippen LogP contribution in [0.2, 0.25) is 0 Å². The van der Waals surface area contributed by atoms with Gasteiger partial charge in [-0.1, -0.05) is 27.2 Å². The van der Waals surface area contributed by atoms with Gasteiger partial charge in [-0.2, -0.15) is 0 Å². The summed E-state index contributed by atoms with van der Waals surface area (Å²) in [7, 11) is -0.686. The summed E-state index contributed by atoms with van der Waals surface area (Å²) in [4.78, 5) is 4.61. The third kappa shape index (κ3) is 11.4. The highest BCUT2D eigenvalue weighted by molar-refractivity contribution is 14.0. The lowest BCUT2D eigenvalue weighted by atomic mass is 9.95. The molecule has 5 nitrogen and oxygen atoms in total. The van der Waals surface area contributed by atoms with Gasteiger partial charge in [0.1, 0.15) is 0 Å². The van der Waals surface area contributed by atoms with Gasteiger partial charge in [0.25, 0.3) is 0 Å². The maximum absolute atomic E-state index is 12.1. The fourth-order valence-electron chi connectivity index (χ4n) is 2.91. The van der Waals surface area contributed by atoms with Crippen molar-refractivity contribution in [1.82, 2.24) is 10.6 Å². The molecule has 0 aromatic heterocycles. The van der Waals surface area contributed by atoms with Crippen LogP contribution in [0.1, 0.15) is 59.8 Å². The van der Waals surface area contributed by atoms with E-state index in [4.69, 9.17) is 4.74 Å². The Morgan fingerprint density at radius 3 is 2.68 bits per heavy atom. The SMILES string of the molecule is CCNC(=NCCOCCC(C)C)NC1CCCC(S(=O)CC)C1.I. The first-order valence-electron chi connectivity index (χ1n) is 9.56. The molecule has 0 spiro atoms. The van der Waals surface area contributed by atoms with Crippen LogP contribution in [-0.4, -0.2) is 53.5 Å². The van der Waals surface area contributed by atoms with Gasteiger partial charge in [-0.05, 0) is 38.5 Å². The molecule has 1 aliphatic rings. The lowest BCUT2D eigenvalue weighted by Crippen LogP contribution is -2.46. The van der Waals surface area contributed by atoms with Crippen LogP contribution in [0.4, 0.5) is 0 Å². The van der Waals surface area contributed by atoms with Gasteiger partial charge in [-0.25, -0.2) is 0 Å². The second-order valence-corrected chi connectivity index (χ2v) is 8.86. The monoisotopic (exact) mass is 487 g/mol. The molecule has 0 saturated heterocycles. The number of hydrogen-bond acceptors (Lipinski definition) is 3. The molecule has 1 fully saturated rings. The number of rotatable bonds is 10. The molecule has 0 aromatic rings. The molecule has 150 valence electrons. The highest BCUT2D eigenvalue weighted by atomic mass is 127. The minimum atomic E-state index is -0.686. The third-order valence-electron chi connectivity index (χ3n) is 4.31. The normalized spacial score (nSPS) is 22.4. The average molecular weight is 487 g/mol. The number of nitrogens with one attached hydrogen (secondary N) is 2. The van der Waals surface area contributed by atoms with Crippen LogP contribution >= 0.6 is 24.0 Å². The molecule has 1 aliphatic carbocycles. The van der Waals surface area contributed by atoms with Crippen molar-refractivity contribution in [2.75, 3.05) is 32.1 Å². The second kappa shape index (κ2) is 15.2. The molecular formula is C18H38IN3O2S. The molecule has 0 heterocycles. The van der Waals surface area contributed by atoms with Crippen LogP contribution < -0.4 is 10.6 Å². The van der Waals surface area contributed by atoms with Gasteiger partial charge >= 0.3 is 0 Å². The molecule has 0 amide bonds. The van der Waals surface area contributed by atoms with Gasteiger partial charge in [-0.15, -0.1) is 24.0 Å². The maximum atomic E-state index is 12.1. The van der Waals surface area contributed by atoms with E-state index in [1.165, 1.54) is 0 Å². The van der Waals surface area contributed by atoms with Crippen LogP contribution in [0, 0.1) is 5.92 Å². The van der Waals surface area contributed by atoms with Crippen molar-refractivity contribution in [3.8, 4) is 0 Å². The molecule has 3 unspecified atom stereocenters. The number of nitrogens with zero attached hydrogens (tertiary/aromatic N) is 1. The van der Waals surface area contributed by atoms with Crippen molar-refractivity contribution in [1.29, 1.82) is 0 Å². The minimum absolute atomic E-state index is 0. The third-order valence-corrected chi connectivity index (χ3v) is 6.05. The van der Waals surface area contributed by atoms with Gasteiger partial charge in [0.15, 0.2) is 5.96 Å². The first kappa shape index (κ1) is 25.1. The number of ether oxygens (including phenoxy) is 1. The van der Waals surface area contributed by atoms with Gasteiger partial charge in [0.2, 0.25) is 0 Å². The molecule has 0 aromatic carbocycles. The molecule has 0 radical (unpaired) electrons. The zero-order chi connectivity index (χ0) is 17.8. The van der Waals surface area contributed by atoms with Crippen molar-refractivity contribution < 1.29 is 8.95 Å². The van der Waals surface area contributed by atoms with Gasteiger partial charge < -0.3 is 15.4 Å². The number of guanidine groups is 1. The van der Waals surface area contributed by atoms with E-state index >= 15 is 0 Å². The standard InChI is InChI=1S/C18H37N3O2S.HI/c1-5-19-18(20-11-13-23-12-10-15(3)4)21-16-8-7-9-17(14-16)24(22)6-2;/h15-17H,5-14H2,1-4H3,(H2,19,20,21);1H. The Morgan fingerprint density at radius 1 is 1.28 bits per heavy atom. The summed E-state index contributed by atoms with van der Waals surface area (Å²) in [5.41, 5.74) is 0. The summed E-state index contributed by atoms with van der Waals surface area (Å²) in [6.07, 6.45) is 5.45. The second-order valence-electron chi connectivity index (χ2n) is 6.85. The van der Waals surface area contributed by atoms with Crippen LogP contribution in [0.3, 0.4) is 0 Å². The number of halogens is 1. The first-order chi connectivity index (χ1) is 11.6. The lowest BCUT2D eigenvalue weighted by molar-refractivity contribution is 0.130. The van der Waals surface area contributed by atoms with E-state index in [0.717, 1.165) is 57.0 Å². The molecule has 0 bridgehead atoms. The zero-order valence-corrected chi connectivity index (χ0v) is 19.5. The van der Waals surface area contributed by atoms with Crippen molar-refractivity contribution in [2.45, 2.75) is 71.1 Å². The van der Waals surface area contributed by atoms with E-state index in [1.807, 2.05) is 6.92 Å². The van der Waals surface area contributed by atoms with E-state index in [-0.39, 0.29) is 24.0 Å². The lowest BCUT2D eigenvalue weighted by Gasteiger charge is -2.30. The van der Waals surface area contributed by atoms with E-state index in [2.05, 4.69) is 36.4 Å². The molecule has 0 aliphatic heterocycles. The van der Waals surface area contributed by atoms with Crippen molar-refractivity contribution >= 4 is 40.7 Å². The first-order valence-corrected chi connectivity index (χ1v) is 10.9. The summed E-state index contributed by atoms with van der Waals surface area (Å²) in [5.74, 6) is 2.30. The van der Waals surface area contributed by atoms with E-state index in [9.17, 15) is 4.21 Å². The van der Waals surface area contributed by atoms with Crippen molar-refractivity contribution in [2.24, 2.45) is 10.9 Å². The molecule has 25 heavy (non-hydrogen) atoms. The van der Waals surface area contributed by atoms with Crippen molar-refractivity contribution in [3.05, 3.63) is 0 Å². The predicted octanol–water partition coefficient (Wildman–Crippen LogP) is 3.30. The Hall–Kier alpha value is 0.110. The predicted molar refractivity (Wildman–Crippen MR) is 120 cm³/mol. The maximum Gasteiger partial charge on any atom is 0.191 e. The molecular weight excluding hydrogens is 449 g/mol. The Morgan fingerprint density at radius 2 is 2.04 bits per heavy atom. The van der Waals surface area contributed by atoms with Gasteiger partial charge in [0, 0.05) is 41.0 Å². The number of hydrogen-bond donors (Lipinski definition) is 2. The Kier molecular flexibility index (Phi) is 15.3. The summed E-state index contributed by atoms with van der Waals surface area (Å²) in [6, 6.07) is 0.374. The van der Waals surface area contributed by atoms with Gasteiger partial charge in [0.05, 0.1) is 13.2 Å². The van der Waals surface area contributed by atoms with Crippen LogP contribution in [0.15, 0.2) is 4.99 Å². The van der Waals surface area contributed by atoms with Crippen LogP contribution in [0.5, 0.6) is 0 Å².